The van der Waals surface area contributed by atoms with E-state index in [0.717, 1.165) is 11.3 Å². The topological polar surface area (TPSA) is 72.2 Å². The van der Waals surface area contributed by atoms with Crippen molar-refractivity contribution in [3.8, 4) is 0 Å². The predicted molar refractivity (Wildman–Crippen MR) is 93.4 cm³/mol. The van der Waals surface area contributed by atoms with Gasteiger partial charge in [-0.1, -0.05) is 32.0 Å². The minimum atomic E-state index is -0.468. The monoisotopic (exact) mass is 330 g/mol. The average Bonchev–Trinajstić information content (AvgIpc) is 2.54. The lowest BCUT2D eigenvalue weighted by Gasteiger charge is -2.13. The summed E-state index contributed by atoms with van der Waals surface area (Å²) in [5.41, 5.74) is 1.97. The van der Waals surface area contributed by atoms with Crippen molar-refractivity contribution in [2.24, 2.45) is 0 Å². The maximum absolute atomic E-state index is 12.4. The SMILES string of the molecule is CSc1ccc(C(=O)Nc2ccccc2C(C)C)cc1[N+](=O)[O-]. The molecule has 2 rings (SSSR count). The molecule has 6 heteroatoms. The van der Waals surface area contributed by atoms with Crippen LogP contribution in [0.2, 0.25) is 0 Å². The second-order valence-corrected chi connectivity index (χ2v) is 6.19. The summed E-state index contributed by atoms with van der Waals surface area (Å²) in [6.45, 7) is 4.09. The summed E-state index contributed by atoms with van der Waals surface area (Å²) in [5.74, 6) is -0.0893. The number of benzene rings is 2. The van der Waals surface area contributed by atoms with E-state index in [1.54, 1.807) is 18.4 Å². The summed E-state index contributed by atoms with van der Waals surface area (Å²) in [6, 6.07) is 12.1. The summed E-state index contributed by atoms with van der Waals surface area (Å²) in [5, 5.41) is 14.0. The van der Waals surface area contributed by atoms with Crippen LogP contribution < -0.4 is 5.32 Å². The Bertz CT molecular complexity index is 744. The van der Waals surface area contributed by atoms with Crippen molar-refractivity contribution in [1.29, 1.82) is 0 Å². The van der Waals surface area contributed by atoms with Crippen LogP contribution in [-0.4, -0.2) is 17.1 Å². The third-order valence-electron chi connectivity index (χ3n) is 3.47. The fourth-order valence-corrected chi connectivity index (χ4v) is 2.83. The van der Waals surface area contributed by atoms with Gasteiger partial charge >= 0.3 is 0 Å². The van der Waals surface area contributed by atoms with E-state index in [1.807, 2.05) is 38.1 Å². The zero-order chi connectivity index (χ0) is 17.0. The number of para-hydroxylation sites is 1. The van der Waals surface area contributed by atoms with Gasteiger partial charge in [0.15, 0.2) is 0 Å². The van der Waals surface area contributed by atoms with E-state index in [0.29, 0.717) is 4.90 Å². The van der Waals surface area contributed by atoms with Gasteiger partial charge in [-0.25, -0.2) is 0 Å². The van der Waals surface area contributed by atoms with E-state index < -0.39 is 4.92 Å². The summed E-state index contributed by atoms with van der Waals surface area (Å²) in [7, 11) is 0. The van der Waals surface area contributed by atoms with Gasteiger partial charge in [-0.05, 0) is 35.9 Å². The van der Waals surface area contributed by atoms with Gasteiger partial charge < -0.3 is 5.32 Å². The van der Waals surface area contributed by atoms with Crippen LogP contribution in [-0.2, 0) is 0 Å². The number of nitro groups is 1. The predicted octanol–water partition coefficient (Wildman–Crippen LogP) is 4.69. The molecule has 0 aliphatic heterocycles. The van der Waals surface area contributed by atoms with Crippen LogP contribution in [0.25, 0.3) is 0 Å². The molecule has 0 saturated heterocycles. The molecule has 0 fully saturated rings. The highest BCUT2D eigenvalue weighted by Crippen LogP contribution is 2.29. The Labute approximate surface area is 139 Å². The van der Waals surface area contributed by atoms with Gasteiger partial charge in [0.2, 0.25) is 0 Å². The zero-order valence-corrected chi connectivity index (χ0v) is 14.0. The normalized spacial score (nSPS) is 10.6. The largest absolute Gasteiger partial charge is 0.322 e. The summed E-state index contributed by atoms with van der Waals surface area (Å²) >= 11 is 1.28. The number of carbonyl (C=O) groups is 1. The van der Waals surface area contributed by atoms with Crippen molar-refractivity contribution >= 4 is 29.0 Å². The number of hydrogen-bond donors (Lipinski definition) is 1. The van der Waals surface area contributed by atoms with E-state index in [1.165, 1.54) is 17.8 Å². The van der Waals surface area contributed by atoms with Gasteiger partial charge in [-0.15, -0.1) is 11.8 Å². The van der Waals surface area contributed by atoms with Gasteiger partial charge in [0.05, 0.1) is 9.82 Å². The molecule has 0 unspecified atom stereocenters. The highest BCUT2D eigenvalue weighted by molar-refractivity contribution is 7.98. The smallest absolute Gasteiger partial charge is 0.283 e. The molecule has 0 bridgehead atoms. The van der Waals surface area contributed by atoms with Crippen molar-refractivity contribution in [3.63, 3.8) is 0 Å². The first-order chi connectivity index (χ1) is 10.9. The molecule has 2 aromatic carbocycles. The third kappa shape index (κ3) is 3.90. The van der Waals surface area contributed by atoms with Crippen LogP contribution in [0.5, 0.6) is 0 Å². The van der Waals surface area contributed by atoms with Gasteiger partial charge in [0, 0.05) is 17.3 Å². The maximum Gasteiger partial charge on any atom is 0.283 e. The Morgan fingerprint density at radius 3 is 2.52 bits per heavy atom. The number of thioether (sulfide) groups is 1. The zero-order valence-electron chi connectivity index (χ0n) is 13.2. The fourth-order valence-electron chi connectivity index (χ4n) is 2.28. The summed E-state index contributed by atoms with van der Waals surface area (Å²) in [4.78, 5) is 23.6. The Hall–Kier alpha value is -2.34. The first kappa shape index (κ1) is 17.0. The number of nitro benzene ring substituents is 1. The number of nitrogens with one attached hydrogen (secondary N) is 1. The van der Waals surface area contributed by atoms with Crippen LogP contribution >= 0.6 is 11.8 Å². The van der Waals surface area contributed by atoms with Crippen molar-refractivity contribution in [3.05, 3.63) is 63.7 Å². The maximum atomic E-state index is 12.4. The molecule has 0 aliphatic rings. The van der Waals surface area contributed by atoms with Gasteiger partial charge in [0.25, 0.3) is 11.6 Å². The molecule has 0 aliphatic carbocycles. The summed E-state index contributed by atoms with van der Waals surface area (Å²) < 4.78 is 0. The number of anilines is 1. The molecule has 0 atom stereocenters. The van der Waals surface area contributed by atoms with E-state index in [4.69, 9.17) is 0 Å². The van der Waals surface area contributed by atoms with Crippen LogP contribution in [0.1, 0.15) is 35.7 Å². The Morgan fingerprint density at radius 2 is 1.91 bits per heavy atom. The highest BCUT2D eigenvalue weighted by Gasteiger charge is 2.18. The molecule has 1 N–H and O–H groups in total. The van der Waals surface area contributed by atoms with Crippen molar-refractivity contribution in [1.82, 2.24) is 0 Å². The van der Waals surface area contributed by atoms with Crippen molar-refractivity contribution < 1.29 is 9.72 Å². The number of rotatable bonds is 5. The minimum absolute atomic E-state index is 0.0534. The number of amides is 1. The number of nitrogens with zero attached hydrogens (tertiary/aromatic N) is 1. The minimum Gasteiger partial charge on any atom is -0.322 e. The first-order valence-electron chi connectivity index (χ1n) is 7.16. The molecule has 0 heterocycles. The lowest BCUT2D eigenvalue weighted by Crippen LogP contribution is -2.14. The fraction of sp³-hybridized carbons (Fsp3) is 0.235. The van der Waals surface area contributed by atoms with Crippen molar-refractivity contribution in [2.75, 3.05) is 11.6 Å². The molecule has 120 valence electrons. The van der Waals surface area contributed by atoms with E-state index in [2.05, 4.69) is 5.32 Å². The van der Waals surface area contributed by atoms with Crippen LogP contribution in [0.15, 0.2) is 47.4 Å². The van der Waals surface area contributed by atoms with Gasteiger partial charge in [-0.3, -0.25) is 14.9 Å². The molecule has 0 saturated carbocycles. The molecule has 5 nitrogen and oxygen atoms in total. The number of carbonyl (C=O) groups excluding carboxylic acids is 1. The Balaban J connectivity index is 2.32. The molecule has 0 radical (unpaired) electrons. The first-order valence-corrected chi connectivity index (χ1v) is 8.39. The molecular formula is C17H18N2O3S. The quantitative estimate of drug-likeness (QED) is 0.490. The molecule has 0 aromatic heterocycles. The van der Waals surface area contributed by atoms with E-state index >= 15 is 0 Å². The lowest BCUT2D eigenvalue weighted by molar-refractivity contribution is -0.387. The highest BCUT2D eigenvalue weighted by atomic mass is 32.2. The third-order valence-corrected chi connectivity index (χ3v) is 4.25. The van der Waals surface area contributed by atoms with Crippen LogP contribution in [0, 0.1) is 10.1 Å². The lowest BCUT2D eigenvalue weighted by atomic mass is 10.0. The summed E-state index contributed by atoms with van der Waals surface area (Å²) in [6.07, 6.45) is 1.76. The van der Waals surface area contributed by atoms with E-state index in [9.17, 15) is 14.9 Å². The second kappa shape index (κ2) is 7.28. The standard InChI is InChI=1S/C17H18N2O3S/c1-11(2)13-6-4-5-7-14(13)18-17(20)12-8-9-16(23-3)15(10-12)19(21)22/h4-11H,1-3H3,(H,18,20). The second-order valence-electron chi connectivity index (χ2n) is 5.34. The average molecular weight is 330 g/mol. The van der Waals surface area contributed by atoms with Gasteiger partial charge in [0.1, 0.15) is 0 Å². The Kier molecular flexibility index (Phi) is 5.39. The van der Waals surface area contributed by atoms with Crippen molar-refractivity contribution in [2.45, 2.75) is 24.7 Å². The van der Waals surface area contributed by atoms with Crippen LogP contribution in [0.4, 0.5) is 11.4 Å². The number of hydrogen-bond acceptors (Lipinski definition) is 4. The molecule has 1 amide bonds. The van der Waals surface area contributed by atoms with Crippen LogP contribution in [0.3, 0.4) is 0 Å². The van der Waals surface area contributed by atoms with Gasteiger partial charge in [-0.2, -0.15) is 0 Å². The Morgan fingerprint density at radius 1 is 1.22 bits per heavy atom. The van der Waals surface area contributed by atoms with E-state index in [-0.39, 0.29) is 23.1 Å². The molecule has 23 heavy (non-hydrogen) atoms. The molecule has 0 spiro atoms. The molecule has 2 aromatic rings. The molecular weight excluding hydrogens is 312 g/mol.